The van der Waals surface area contributed by atoms with Crippen LogP contribution < -0.4 is 5.32 Å². The summed E-state index contributed by atoms with van der Waals surface area (Å²) in [5.41, 5.74) is 0.807. The van der Waals surface area contributed by atoms with Gasteiger partial charge in [-0.3, -0.25) is 10.1 Å². The summed E-state index contributed by atoms with van der Waals surface area (Å²) in [5, 5.41) is 12.7. The molecule has 0 atom stereocenters. The van der Waals surface area contributed by atoms with E-state index in [2.05, 4.69) is 21.2 Å². The highest BCUT2D eigenvalue weighted by Crippen LogP contribution is 2.13. The van der Waals surface area contributed by atoms with Crippen LogP contribution in [-0.2, 0) is 0 Å². The smallest absolute Gasteiger partial charge is 0.250 e. The molecular weight excluding hydrogens is 236 g/mol. The van der Waals surface area contributed by atoms with E-state index in [0.29, 0.717) is 0 Å². The first-order valence-corrected chi connectivity index (χ1v) is 4.30. The normalized spacial score (nSPS) is 10.2. The lowest BCUT2D eigenvalue weighted by Crippen LogP contribution is -1.90. The molecule has 4 nitrogen and oxygen atoms in total. The van der Waals surface area contributed by atoms with Gasteiger partial charge >= 0.3 is 0 Å². The molecule has 1 N–H and O–H groups in total. The molecule has 0 spiro atoms. The molecule has 0 aliphatic heterocycles. The zero-order valence-electron chi connectivity index (χ0n) is 6.61. The Hall–Kier alpha value is -1.36. The van der Waals surface area contributed by atoms with Crippen molar-refractivity contribution < 1.29 is 4.92 Å². The fourth-order valence-corrected chi connectivity index (χ4v) is 1.00. The van der Waals surface area contributed by atoms with E-state index in [1.807, 2.05) is 24.3 Å². The Morgan fingerprint density at radius 1 is 1.38 bits per heavy atom. The van der Waals surface area contributed by atoms with Crippen LogP contribution in [0.15, 0.2) is 41.1 Å². The predicted molar refractivity (Wildman–Crippen MR) is 53.9 cm³/mol. The van der Waals surface area contributed by atoms with E-state index < -0.39 is 4.92 Å². The molecule has 68 valence electrons. The standard InChI is InChI=1S/C8H7BrN2O2/c9-7-1-3-8(4-2-7)10-5-6-11(12)13/h1-6,10H. The summed E-state index contributed by atoms with van der Waals surface area (Å²) in [4.78, 5) is 9.39. The number of hydrogen-bond acceptors (Lipinski definition) is 3. The summed E-state index contributed by atoms with van der Waals surface area (Å²) in [6.45, 7) is 0. The van der Waals surface area contributed by atoms with Crippen molar-refractivity contribution in [2.45, 2.75) is 0 Å². The quantitative estimate of drug-likeness (QED) is 0.655. The lowest BCUT2D eigenvalue weighted by atomic mass is 10.3. The first-order valence-electron chi connectivity index (χ1n) is 3.51. The lowest BCUT2D eigenvalue weighted by molar-refractivity contribution is -0.402. The van der Waals surface area contributed by atoms with Gasteiger partial charge in [-0.2, -0.15) is 0 Å². The predicted octanol–water partition coefficient (Wildman–Crippen LogP) is 2.61. The van der Waals surface area contributed by atoms with Crippen LogP contribution in [0.2, 0.25) is 0 Å². The number of benzene rings is 1. The van der Waals surface area contributed by atoms with Gasteiger partial charge in [-0.15, -0.1) is 0 Å². The van der Waals surface area contributed by atoms with Gasteiger partial charge in [-0.05, 0) is 24.3 Å². The van der Waals surface area contributed by atoms with Gasteiger partial charge in [-0.25, -0.2) is 0 Å². The summed E-state index contributed by atoms with van der Waals surface area (Å²) in [7, 11) is 0. The third-order valence-corrected chi connectivity index (χ3v) is 1.82. The Bertz CT molecular complexity index is 321. The zero-order chi connectivity index (χ0) is 9.68. The van der Waals surface area contributed by atoms with Crippen molar-refractivity contribution in [1.29, 1.82) is 0 Å². The van der Waals surface area contributed by atoms with E-state index in [0.717, 1.165) is 16.4 Å². The van der Waals surface area contributed by atoms with Gasteiger partial charge in [0.2, 0.25) is 6.20 Å². The number of nitrogens with one attached hydrogen (secondary N) is 1. The second-order valence-corrected chi connectivity index (χ2v) is 3.17. The largest absolute Gasteiger partial charge is 0.356 e. The summed E-state index contributed by atoms with van der Waals surface area (Å²) in [6.07, 6.45) is 2.13. The molecule has 5 heteroatoms. The van der Waals surface area contributed by atoms with Gasteiger partial charge in [0.1, 0.15) is 0 Å². The Morgan fingerprint density at radius 3 is 2.54 bits per heavy atom. The van der Waals surface area contributed by atoms with Crippen LogP contribution in [0.1, 0.15) is 0 Å². The minimum Gasteiger partial charge on any atom is -0.356 e. The number of hydrogen-bond donors (Lipinski definition) is 1. The monoisotopic (exact) mass is 242 g/mol. The maximum Gasteiger partial charge on any atom is 0.250 e. The van der Waals surface area contributed by atoms with E-state index in [1.54, 1.807) is 0 Å². The van der Waals surface area contributed by atoms with Crippen LogP contribution in [0, 0.1) is 10.1 Å². The highest BCUT2D eigenvalue weighted by Gasteiger charge is 1.89. The molecule has 0 aliphatic carbocycles. The molecule has 0 heterocycles. The molecule has 0 bridgehead atoms. The third-order valence-electron chi connectivity index (χ3n) is 1.29. The Balaban J connectivity index is 2.55. The molecule has 0 saturated heterocycles. The number of rotatable bonds is 3. The van der Waals surface area contributed by atoms with Gasteiger partial charge in [0, 0.05) is 10.2 Å². The average Bonchev–Trinajstić information content (AvgIpc) is 2.08. The van der Waals surface area contributed by atoms with Crippen LogP contribution >= 0.6 is 15.9 Å². The van der Waals surface area contributed by atoms with Crippen molar-refractivity contribution in [2.75, 3.05) is 5.32 Å². The highest BCUT2D eigenvalue weighted by molar-refractivity contribution is 9.10. The molecule has 0 fully saturated rings. The van der Waals surface area contributed by atoms with Gasteiger partial charge in [-0.1, -0.05) is 15.9 Å². The van der Waals surface area contributed by atoms with Gasteiger partial charge < -0.3 is 5.32 Å². The van der Waals surface area contributed by atoms with E-state index in [-0.39, 0.29) is 0 Å². The third kappa shape index (κ3) is 3.71. The van der Waals surface area contributed by atoms with E-state index >= 15 is 0 Å². The van der Waals surface area contributed by atoms with Crippen LogP contribution in [0.5, 0.6) is 0 Å². The fraction of sp³-hybridized carbons (Fsp3) is 0. The number of halogens is 1. The zero-order valence-corrected chi connectivity index (χ0v) is 8.19. The maximum atomic E-state index is 9.91. The topological polar surface area (TPSA) is 55.2 Å². The molecule has 13 heavy (non-hydrogen) atoms. The second-order valence-electron chi connectivity index (χ2n) is 2.25. The van der Waals surface area contributed by atoms with Crippen molar-refractivity contribution in [3.05, 3.63) is 51.3 Å². The summed E-state index contributed by atoms with van der Waals surface area (Å²) >= 11 is 3.28. The van der Waals surface area contributed by atoms with Crippen molar-refractivity contribution in [2.24, 2.45) is 0 Å². The van der Waals surface area contributed by atoms with Gasteiger partial charge in [0.25, 0.3) is 0 Å². The number of nitro groups is 1. The van der Waals surface area contributed by atoms with Crippen LogP contribution in [0.3, 0.4) is 0 Å². The van der Waals surface area contributed by atoms with Gasteiger partial charge in [0.15, 0.2) is 0 Å². The highest BCUT2D eigenvalue weighted by atomic mass is 79.9. The van der Waals surface area contributed by atoms with E-state index in [4.69, 9.17) is 0 Å². The van der Waals surface area contributed by atoms with Crippen molar-refractivity contribution in [3.8, 4) is 0 Å². The molecule has 1 aromatic rings. The first-order chi connectivity index (χ1) is 6.18. The Kier molecular flexibility index (Phi) is 3.45. The van der Waals surface area contributed by atoms with Crippen molar-refractivity contribution in [3.63, 3.8) is 0 Å². The summed E-state index contributed by atoms with van der Waals surface area (Å²) in [6, 6.07) is 7.33. The van der Waals surface area contributed by atoms with Crippen molar-refractivity contribution >= 4 is 21.6 Å². The average molecular weight is 243 g/mol. The van der Waals surface area contributed by atoms with Crippen LogP contribution in [0.25, 0.3) is 0 Å². The second kappa shape index (κ2) is 4.61. The number of nitrogens with zero attached hydrogens (tertiary/aromatic N) is 1. The van der Waals surface area contributed by atoms with Gasteiger partial charge in [0.05, 0.1) is 11.1 Å². The molecule has 1 rings (SSSR count). The molecular formula is C8H7BrN2O2. The van der Waals surface area contributed by atoms with Crippen LogP contribution in [0.4, 0.5) is 5.69 Å². The number of anilines is 1. The molecule has 0 aromatic heterocycles. The molecule has 1 aromatic carbocycles. The summed E-state index contributed by atoms with van der Waals surface area (Å²) in [5.74, 6) is 0. The summed E-state index contributed by atoms with van der Waals surface area (Å²) < 4.78 is 0.969. The maximum absolute atomic E-state index is 9.91. The molecule has 0 radical (unpaired) electrons. The fourth-order valence-electron chi connectivity index (χ4n) is 0.740. The van der Waals surface area contributed by atoms with Crippen LogP contribution in [-0.4, -0.2) is 4.92 Å². The van der Waals surface area contributed by atoms with E-state index in [9.17, 15) is 10.1 Å². The first kappa shape index (κ1) is 9.73. The van der Waals surface area contributed by atoms with Crippen molar-refractivity contribution in [1.82, 2.24) is 0 Å². The Morgan fingerprint density at radius 2 is 2.00 bits per heavy atom. The molecule has 0 unspecified atom stereocenters. The molecule has 0 amide bonds. The Labute approximate surface area is 83.5 Å². The minimum atomic E-state index is -0.522. The minimum absolute atomic E-state index is 0.522. The lowest BCUT2D eigenvalue weighted by Gasteiger charge is -1.97. The van der Waals surface area contributed by atoms with E-state index in [1.165, 1.54) is 6.20 Å². The SMILES string of the molecule is O=[N+]([O-])C=CNc1ccc(Br)cc1. The molecule has 0 aliphatic rings. The molecule has 0 saturated carbocycles.